The van der Waals surface area contributed by atoms with E-state index in [0.717, 1.165) is 36.9 Å². The van der Waals surface area contributed by atoms with Crippen LogP contribution >= 0.6 is 0 Å². The number of benzene rings is 1. The molecular formula is C13H13N3O2S. The number of aryl methyl sites for hydroxylation is 1. The molecule has 19 heavy (non-hydrogen) atoms. The molecule has 2 aliphatic rings. The summed E-state index contributed by atoms with van der Waals surface area (Å²) in [5.41, 5.74) is 2.62. The van der Waals surface area contributed by atoms with Crippen molar-refractivity contribution in [2.45, 2.75) is 30.6 Å². The van der Waals surface area contributed by atoms with Gasteiger partial charge in [0.1, 0.15) is 10.7 Å². The standard InChI is InChI=1S/C13H13N3O2S/c17-19(18)12-8-4-3-7-11(12)14-13-9-5-1-2-6-10(9)15-16(13)19/h3-4,7-8,14H,1-2,5-6H2. The summed E-state index contributed by atoms with van der Waals surface area (Å²) in [6.07, 6.45) is 3.93. The van der Waals surface area contributed by atoms with Crippen LogP contribution in [0.15, 0.2) is 29.2 Å². The molecule has 5 nitrogen and oxygen atoms in total. The van der Waals surface area contributed by atoms with Gasteiger partial charge < -0.3 is 5.32 Å². The first kappa shape index (κ1) is 11.0. The summed E-state index contributed by atoms with van der Waals surface area (Å²) >= 11 is 0. The highest BCUT2D eigenvalue weighted by Crippen LogP contribution is 2.38. The zero-order valence-corrected chi connectivity index (χ0v) is 11.1. The van der Waals surface area contributed by atoms with Crippen molar-refractivity contribution in [1.82, 2.24) is 9.19 Å². The van der Waals surface area contributed by atoms with E-state index < -0.39 is 10.0 Å². The summed E-state index contributed by atoms with van der Waals surface area (Å²) in [7, 11) is -3.55. The lowest BCUT2D eigenvalue weighted by Gasteiger charge is -2.20. The zero-order valence-electron chi connectivity index (χ0n) is 10.3. The summed E-state index contributed by atoms with van der Waals surface area (Å²) in [4.78, 5) is 0.294. The Labute approximate surface area is 111 Å². The van der Waals surface area contributed by atoms with Crippen LogP contribution in [0.5, 0.6) is 0 Å². The third-order valence-corrected chi connectivity index (χ3v) is 5.40. The van der Waals surface area contributed by atoms with Crippen molar-refractivity contribution in [3.63, 3.8) is 0 Å². The van der Waals surface area contributed by atoms with E-state index in [1.807, 2.05) is 6.07 Å². The molecule has 0 bridgehead atoms. The number of nitrogens with one attached hydrogen (secondary N) is 1. The van der Waals surface area contributed by atoms with Crippen molar-refractivity contribution in [3.8, 4) is 0 Å². The molecule has 0 amide bonds. The molecule has 0 saturated carbocycles. The molecule has 0 spiro atoms. The van der Waals surface area contributed by atoms with Crippen LogP contribution in [-0.2, 0) is 22.9 Å². The number of aromatic nitrogens is 2. The minimum atomic E-state index is -3.55. The fraction of sp³-hybridized carbons (Fsp3) is 0.308. The van der Waals surface area contributed by atoms with Crippen LogP contribution in [0.4, 0.5) is 11.5 Å². The van der Waals surface area contributed by atoms with Gasteiger partial charge in [-0.1, -0.05) is 12.1 Å². The van der Waals surface area contributed by atoms with Crippen molar-refractivity contribution < 1.29 is 8.42 Å². The van der Waals surface area contributed by atoms with Crippen LogP contribution in [0, 0.1) is 0 Å². The molecule has 0 fully saturated rings. The van der Waals surface area contributed by atoms with E-state index in [1.165, 1.54) is 4.09 Å². The van der Waals surface area contributed by atoms with E-state index >= 15 is 0 Å². The molecule has 0 unspecified atom stereocenters. The van der Waals surface area contributed by atoms with Crippen LogP contribution in [0.1, 0.15) is 24.1 Å². The second kappa shape index (κ2) is 3.60. The normalized spacial score (nSPS) is 18.9. The number of anilines is 2. The molecule has 0 saturated heterocycles. The Balaban J connectivity index is 2.02. The minimum Gasteiger partial charge on any atom is -0.338 e. The molecule has 1 aliphatic heterocycles. The molecule has 6 heteroatoms. The van der Waals surface area contributed by atoms with E-state index in [4.69, 9.17) is 0 Å². The zero-order chi connectivity index (χ0) is 13.0. The Hall–Kier alpha value is -1.82. The molecule has 1 aromatic heterocycles. The van der Waals surface area contributed by atoms with Crippen molar-refractivity contribution >= 4 is 21.5 Å². The molecule has 1 aromatic carbocycles. The fourth-order valence-electron chi connectivity index (χ4n) is 2.84. The number of rotatable bonds is 0. The van der Waals surface area contributed by atoms with Crippen LogP contribution in [-0.4, -0.2) is 17.6 Å². The largest absolute Gasteiger partial charge is 0.338 e. The van der Waals surface area contributed by atoms with Gasteiger partial charge in [-0.25, -0.2) is 0 Å². The summed E-state index contributed by atoms with van der Waals surface area (Å²) < 4.78 is 26.3. The summed E-state index contributed by atoms with van der Waals surface area (Å²) in [5, 5.41) is 7.53. The van der Waals surface area contributed by atoms with E-state index in [9.17, 15) is 8.42 Å². The molecular weight excluding hydrogens is 262 g/mol. The second-order valence-electron chi connectivity index (χ2n) is 4.95. The molecule has 2 aromatic rings. The van der Waals surface area contributed by atoms with Gasteiger partial charge in [0.2, 0.25) is 0 Å². The van der Waals surface area contributed by atoms with E-state index in [2.05, 4.69) is 10.4 Å². The van der Waals surface area contributed by atoms with Gasteiger partial charge >= 0.3 is 0 Å². The number of fused-ring (bicyclic) bond motifs is 4. The Bertz CT molecular complexity index is 777. The second-order valence-corrected chi connectivity index (χ2v) is 6.69. The first-order chi connectivity index (χ1) is 9.18. The highest BCUT2D eigenvalue weighted by Gasteiger charge is 2.33. The quantitative estimate of drug-likeness (QED) is 0.682. The molecule has 1 aliphatic carbocycles. The van der Waals surface area contributed by atoms with E-state index in [0.29, 0.717) is 16.4 Å². The maximum Gasteiger partial charge on any atom is 0.286 e. The lowest BCUT2D eigenvalue weighted by molar-refractivity contribution is 0.578. The monoisotopic (exact) mass is 275 g/mol. The number of hydrogen-bond donors (Lipinski definition) is 1. The van der Waals surface area contributed by atoms with Crippen molar-refractivity contribution in [1.29, 1.82) is 0 Å². The van der Waals surface area contributed by atoms with Crippen molar-refractivity contribution in [3.05, 3.63) is 35.5 Å². The summed E-state index contributed by atoms with van der Waals surface area (Å²) in [5.74, 6) is 0.633. The van der Waals surface area contributed by atoms with Crippen molar-refractivity contribution in [2.24, 2.45) is 0 Å². The third kappa shape index (κ3) is 1.40. The Morgan fingerprint density at radius 3 is 2.84 bits per heavy atom. The van der Waals surface area contributed by atoms with Crippen molar-refractivity contribution in [2.75, 3.05) is 5.32 Å². The molecule has 1 N–H and O–H groups in total. The Kier molecular flexibility index (Phi) is 2.09. The highest BCUT2D eigenvalue weighted by atomic mass is 32.2. The molecule has 0 radical (unpaired) electrons. The Morgan fingerprint density at radius 2 is 1.95 bits per heavy atom. The number of para-hydroxylation sites is 1. The molecule has 2 heterocycles. The van der Waals surface area contributed by atoms with Gasteiger partial charge in [-0.3, -0.25) is 0 Å². The maximum atomic E-state index is 12.6. The van der Waals surface area contributed by atoms with Crippen LogP contribution < -0.4 is 5.32 Å². The fourth-order valence-corrected chi connectivity index (χ4v) is 4.28. The van der Waals surface area contributed by atoms with E-state index in [-0.39, 0.29) is 0 Å². The topological polar surface area (TPSA) is 64.0 Å². The first-order valence-corrected chi connectivity index (χ1v) is 7.84. The lowest BCUT2D eigenvalue weighted by Crippen LogP contribution is -2.22. The summed E-state index contributed by atoms with van der Waals surface area (Å²) in [6, 6.07) is 6.96. The van der Waals surface area contributed by atoms with Crippen LogP contribution in [0.25, 0.3) is 0 Å². The predicted molar refractivity (Wildman–Crippen MR) is 71.2 cm³/mol. The van der Waals surface area contributed by atoms with Gasteiger partial charge in [0.05, 0.1) is 11.4 Å². The van der Waals surface area contributed by atoms with Gasteiger partial charge in [0, 0.05) is 5.56 Å². The molecule has 0 atom stereocenters. The van der Waals surface area contributed by atoms with Crippen LogP contribution in [0.2, 0.25) is 0 Å². The third-order valence-electron chi connectivity index (χ3n) is 3.77. The van der Waals surface area contributed by atoms with E-state index in [1.54, 1.807) is 18.2 Å². The first-order valence-electron chi connectivity index (χ1n) is 6.40. The van der Waals surface area contributed by atoms with Gasteiger partial charge in [-0.05, 0) is 37.8 Å². The number of hydrogen-bond acceptors (Lipinski definition) is 4. The number of nitrogens with zero attached hydrogens (tertiary/aromatic N) is 2. The smallest absolute Gasteiger partial charge is 0.286 e. The van der Waals surface area contributed by atoms with Gasteiger partial charge in [0.15, 0.2) is 0 Å². The molecule has 4 rings (SSSR count). The Morgan fingerprint density at radius 1 is 1.16 bits per heavy atom. The lowest BCUT2D eigenvalue weighted by atomic mass is 9.97. The van der Waals surface area contributed by atoms with Gasteiger partial charge in [-0.2, -0.15) is 13.5 Å². The minimum absolute atomic E-state index is 0.294. The van der Waals surface area contributed by atoms with Gasteiger partial charge in [0.25, 0.3) is 10.0 Å². The predicted octanol–water partition coefficient (Wildman–Crippen LogP) is 2.06. The average molecular weight is 275 g/mol. The SMILES string of the molecule is O=S1(=O)c2ccccc2Nc2c3c(nn21)CCCC3. The maximum absolute atomic E-state index is 12.6. The van der Waals surface area contributed by atoms with Gasteiger partial charge in [-0.15, -0.1) is 4.09 Å². The van der Waals surface area contributed by atoms with Crippen LogP contribution in [0.3, 0.4) is 0 Å². The highest BCUT2D eigenvalue weighted by molar-refractivity contribution is 7.90. The molecule has 98 valence electrons. The average Bonchev–Trinajstić information content (AvgIpc) is 2.79. The summed E-state index contributed by atoms with van der Waals surface area (Å²) in [6.45, 7) is 0.